The lowest BCUT2D eigenvalue weighted by atomic mass is 10.2. The average molecular weight is 277 g/mol. The van der Waals surface area contributed by atoms with Gasteiger partial charge in [0, 0.05) is 26.2 Å². The van der Waals surface area contributed by atoms with Gasteiger partial charge in [-0.2, -0.15) is 0 Å². The summed E-state index contributed by atoms with van der Waals surface area (Å²) < 4.78 is 5.13. The van der Waals surface area contributed by atoms with Crippen LogP contribution in [0.15, 0.2) is 24.3 Å². The minimum atomic E-state index is -0.300. The molecule has 6 heteroatoms. The summed E-state index contributed by atoms with van der Waals surface area (Å²) in [7, 11) is 1.51. The van der Waals surface area contributed by atoms with Crippen molar-refractivity contribution in [2.75, 3.05) is 39.8 Å². The highest BCUT2D eigenvalue weighted by atomic mass is 16.5. The fourth-order valence-electron chi connectivity index (χ4n) is 2.11. The predicted molar refractivity (Wildman–Crippen MR) is 74.8 cm³/mol. The molecule has 1 fully saturated rings. The molecule has 108 valence electrons. The van der Waals surface area contributed by atoms with E-state index in [1.807, 2.05) is 0 Å². The van der Waals surface area contributed by atoms with E-state index in [2.05, 4.69) is 10.6 Å². The first-order valence-corrected chi connectivity index (χ1v) is 6.62. The van der Waals surface area contributed by atoms with E-state index in [1.54, 1.807) is 29.2 Å². The highest BCUT2D eigenvalue weighted by molar-refractivity contribution is 5.98. The summed E-state index contributed by atoms with van der Waals surface area (Å²) in [4.78, 5) is 25.7. The largest absolute Gasteiger partial charge is 0.496 e. The van der Waals surface area contributed by atoms with Crippen molar-refractivity contribution in [1.29, 1.82) is 0 Å². The molecule has 0 aliphatic carbocycles. The van der Waals surface area contributed by atoms with Gasteiger partial charge in [-0.25, -0.2) is 0 Å². The molecule has 1 heterocycles. The van der Waals surface area contributed by atoms with Gasteiger partial charge in [-0.3, -0.25) is 9.59 Å². The first-order valence-electron chi connectivity index (χ1n) is 6.62. The lowest BCUT2D eigenvalue weighted by Gasteiger charge is -2.27. The Morgan fingerprint density at radius 1 is 1.30 bits per heavy atom. The second kappa shape index (κ2) is 6.91. The molecule has 0 radical (unpaired) electrons. The van der Waals surface area contributed by atoms with Crippen molar-refractivity contribution < 1.29 is 14.3 Å². The van der Waals surface area contributed by atoms with Crippen LogP contribution < -0.4 is 15.4 Å². The van der Waals surface area contributed by atoms with Crippen LogP contribution in [0.1, 0.15) is 10.4 Å². The van der Waals surface area contributed by atoms with E-state index in [4.69, 9.17) is 4.74 Å². The number of methoxy groups -OCH3 is 1. The van der Waals surface area contributed by atoms with Crippen LogP contribution in [-0.2, 0) is 4.79 Å². The third-order valence-electron chi connectivity index (χ3n) is 3.22. The number of carbonyl (C=O) groups excluding carboxylic acids is 2. The van der Waals surface area contributed by atoms with E-state index in [0.29, 0.717) is 24.4 Å². The number of piperazine rings is 1. The monoisotopic (exact) mass is 277 g/mol. The maximum atomic E-state index is 12.0. The Kier molecular flexibility index (Phi) is 4.95. The topological polar surface area (TPSA) is 70.7 Å². The number of hydrogen-bond acceptors (Lipinski definition) is 4. The molecule has 0 spiro atoms. The normalized spacial score (nSPS) is 14.8. The van der Waals surface area contributed by atoms with Gasteiger partial charge in [0.15, 0.2) is 0 Å². The van der Waals surface area contributed by atoms with Crippen molar-refractivity contribution in [2.24, 2.45) is 0 Å². The van der Waals surface area contributed by atoms with E-state index < -0.39 is 0 Å². The van der Waals surface area contributed by atoms with Crippen LogP contribution in [0.5, 0.6) is 5.75 Å². The molecule has 2 N–H and O–H groups in total. The van der Waals surface area contributed by atoms with Gasteiger partial charge in [0.2, 0.25) is 5.91 Å². The number of ether oxygens (including phenoxy) is 1. The Morgan fingerprint density at radius 2 is 2.00 bits per heavy atom. The molecule has 1 saturated heterocycles. The summed E-state index contributed by atoms with van der Waals surface area (Å²) in [5.41, 5.74) is 0.433. The number of benzene rings is 1. The Balaban J connectivity index is 1.89. The van der Waals surface area contributed by atoms with Crippen LogP contribution in [0.25, 0.3) is 0 Å². The van der Waals surface area contributed by atoms with Crippen molar-refractivity contribution in [1.82, 2.24) is 15.5 Å². The molecule has 1 aliphatic rings. The lowest BCUT2D eigenvalue weighted by molar-refractivity contribution is -0.130. The maximum absolute atomic E-state index is 12.0. The summed E-state index contributed by atoms with van der Waals surface area (Å²) in [5, 5.41) is 5.82. The Hall–Kier alpha value is -2.08. The first kappa shape index (κ1) is 14.3. The van der Waals surface area contributed by atoms with Gasteiger partial charge in [-0.15, -0.1) is 0 Å². The fraction of sp³-hybridized carbons (Fsp3) is 0.429. The number of rotatable bonds is 4. The molecule has 2 amide bonds. The summed E-state index contributed by atoms with van der Waals surface area (Å²) >= 11 is 0. The molecule has 1 aromatic carbocycles. The van der Waals surface area contributed by atoms with Crippen LogP contribution in [0.3, 0.4) is 0 Å². The van der Waals surface area contributed by atoms with E-state index in [0.717, 1.165) is 13.1 Å². The molecule has 0 aromatic heterocycles. The van der Waals surface area contributed by atoms with Crippen molar-refractivity contribution in [3.8, 4) is 5.75 Å². The molecular formula is C14H19N3O3. The summed E-state index contributed by atoms with van der Waals surface area (Å²) in [6.45, 7) is 2.97. The van der Waals surface area contributed by atoms with Crippen LogP contribution >= 0.6 is 0 Å². The number of nitrogens with zero attached hydrogens (tertiary/aromatic N) is 1. The van der Waals surface area contributed by atoms with Gasteiger partial charge >= 0.3 is 0 Å². The molecule has 1 aromatic rings. The third kappa shape index (κ3) is 3.48. The first-order chi connectivity index (χ1) is 9.72. The van der Waals surface area contributed by atoms with Gasteiger partial charge in [-0.05, 0) is 12.1 Å². The predicted octanol–water partition coefficient (Wildman–Crippen LogP) is -0.143. The zero-order chi connectivity index (χ0) is 14.4. The molecule has 20 heavy (non-hydrogen) atoms. The van der Waals surface area contributed by atoms with Crippen LogP contribution in [0.4, 0.5) is 0 Å². The van der Waals surface area contributed by atoms with Crippen molar-refractivity contribution in [3.05, 3.63) is 29.8 Å². The number of para-hydroxylation sites is 1. The maximum Gasteiger partial charge on any atom is 0.255 e. The number of nitrogens with one attached hydrogen (secondary N) is 2. The molecule has 0 saturated carbocycles. The fourth-order valence-corrected chi connectivity index (χ4v) is 2.11. The Labute approximate surface area is 118 Å². The lowest BCUT2D eigenvalue weighted by Crippen LogP contribution is -2.49. The van der Waals surface area contributed by atoms with Gasteiger partial charge in [-0.1, -0.05) is 12.1 Å². The van der Waals surface area contributed by atoms with Crippen LogP contribution in [-0.4, -0.2) is 56.5 Å². The minimum Gasteiger partial charge on any atom is -0.496 e. The highest BCUT2D eigenvalue weighted by Gasteiger charge is 2.18. The van der Waals surface area contributed by atoms with Crippen LogP contribution in [0.2, 0.25) is 0 Å². The van der Waals surface area contributed by atoms with E-state index in [1.165, 1.54) is 7.11 Å². The second-order valence-electron chi connectivity index (χ2n) is 4.51. The molecular weight excluding hydrogens is 258 g/mol. The van der Waals surface area contributed by atoms with Gasteiger partial charge in [0.1, 0.15) is 5.75 Å². The minimum absolute atomic E-state index is 0.0108. The summed E-state index contributed by atoms with van der Waals surface area (Å²) in [5.74, 6) is 0.139. The second-order valence-corrected chi connectivity index (χ2v) is 4.51. The van der Waals surface area contributed by atoms with Crippen molar-refractivity contribution >= 4 is 11.8 Å². The Morgan fingerprint density at radius 3 is 2.70 bits per heavy atom. The van der Waals surface area contributed by atoms with Crippen LogP contribution in [0, 0.1) is 0 Å². The quantitative estimate of drug-likeness (QED) is 0.803. The zero-order valence-corrected chi connectivity index (χ0v) is 11.5. The average Bonchev–Trinajstić information content (AvgIpc) is 2.53. The SMILES string of the molecule is COc1ccccc1C(=O)NCC(=O)N1CCNCC1. The van der Waals surface area contributed by atoms with E-state index in [9.17, 15) is 9.59 Å². The van der Waals surface area contributed by atoms with Gasteiger partial charge < -0.3 is 20.3 Å². The van der Waals surface area contributed by atoms with Crippen molar-refractivity contribution in [2.45, 2.75) is 0 Å². The molecule has 2 rings (SSSR count). The highest BCUT2D eigenvalue weighted by Crippen LogP contribution is 2.16. The number of hydrogen-bond donors (Lipinski definition) is 2. The van der Waals surface area contributed by atoms with Gasteiger partial charge in [0.25, 0.3) is 5.91 Å². The summed E-state index contributed by atoms with van der Waals surface area (Å²) in [6.07, 6.45) is 0. The van der Waals surface area contributed by atoms with Gasteiger partial charge in [0.05, 0.1) is 19.2 Å². The van der Waals surface area contributed by atoms with E-state index >= 15 is 0 Å². The number of carbonyl (C=O) groups is 2. The summed E-state index contributed by atoms with van der Waals surface area (Å²) in [6, 6.07) is 6.94. The molecule has 1 aliphatic heterocycles. The zero-order valence-electron chi connectivity index (χ0n) is 11.5. The number of amides is 2. The van der Waals surface area contributed by atoms with E-state index in [-0.39, 0.29) is 18.4 Å². The molecule has 6 nitrogen and oxygen atoms in total. The third-order valence-corrected chi connectivity index (χ3v) is 3.22. The van der Waals surface area contributed by atoms with Crippen molar-refractivity contribution in [3.63, 3.8) is 0 Å². The Bertz CT molecular complexity index is 484. The standard InChI is InChI=1S/C14H19N3O3/c1-20-12-5-3-2-4-11(12)14(19)16-10-13(18)17-8-6-15-7-9-17/h2-5,15H,6-10H2,1H3,(H,16,19). The smallest absolute Gasteiger partial charge is 0.255 e. The molecule has 0 atom stereocenters. The molecule has 0 unspecified atom stereocenters. The molecule has 0 bridgehead atoms.